The Bertz CT molecular complexity index is 1470. The molecule has 1 saturated heterocycles. The lowest BCUT2D eigenvalue weighted by molar-refractivity contribution is -0.191. The van der Waals surface area contributed by atoms with Crippen LogP contribution in [0.3, 0.4) is 0 Å². The molecule has 3 aromatic rings. The van der Waals surface area contributed by atoms with Crippen LogP contribution in [0.15, 0.2) is 52.7 Å². The topological polar surface area (TPSA) is 99.9 Å². The van der Waals surface area contributed by atoms with E-state index in [4.69, 9.17) is 19.6 Å². The minimum absolute atomic E-state index is 0.0302. The predicted octanol–water partition coefficient (Wildman–Crippen LogP) is 5.83. The van der Waals surface area contributed by atoms with E-state index in [9.17, 15) is 13.2 Å². The maximum atomic E-state index is 13.5. The van der Waals surface area contributed by atoms with Crippen molar-refractivity contribution < 1.29 is 22.8 Å². The molecule has 11 heteroatoms. The second-order valence-electron chi connectivity index (χ2n) is 10.7. The van der Waals surface area contributed by atoms with Gasteiger partial charge < -0.3 is 10.2 Å². The van der Waals surface area contributed by atoms with Crippen molar-refractivity contribution in [3.63, 3.8) is 0 Å². The molecule has 0 unspecified atom stereocenters. The van der Waals surface area contributed by atoms with E-state index >= 15 is 0 Å². The van der Waals surface area contributed by atoms with E-state index in [-0.39, 0.29) is 11.7 Å². The van der Waals surface area contributed by atoms with Gasteiger partial charge in [-0.2, -0.15) is 22.8 Å². The smallest absolute Gasteiger partial charge is 0.369 e. The normalized spacial score (nSPS) is 16.7. The van der Waals surface area contributed by atoms with Gasteiger partial charge in [-0.1, -0.05) is 54.4 Å². The molecule has 214 valence electrons. The Labute approximate surface area is 236 Å². The molecule has 6 rings (SSSR count). The third-order valence-corrected chi connectivity index (χ3v) is 7.70. The number of benzene rings is 2. The van der Waals surface area contributed by atoms with Gasteiger partial charge in [0.1, 0.15) is 11.6 Å². The molecule has 0 atom stereocenters. The second-order valence-corrected chi connectivity index (χ2v) is 10.7. The molecule has 3 aliphatic rings. The molecule has 41 heavy (non-hydrogen) atoms. The monoisotopic (exact) mass is 564 g/mol. The summed E-state index contributed by atoms with van der Waals surface area (Å²) >= 11 is 0. The molecule has 8 nitrogen and oxygen atoms in total. The molecular formula is C30H31F3N6O2. The summed E-state index contributed by atoms with van der Waals surface area (Å²) in [6.45, 7) is 6.29. The van der Waals surface area contributed by atoms with Gasteiger partial charge in [0.25, 0.3) is 0 Å². The van der Waals surface area contributed by atoms with E-state index in [1.807, 2.05) is 0 Å². The van der Waals surface area contributed by atoms with Crippen LogP contribution in [0.25, 0.3) is 11.1 Å². The molecule has 0 bridgehead atoms. The highest BCUT2D eigenvalue weighted by molar-refractivity contribution is 5.84. The molecule has 0 radical (unpaired) electrons. The first-order chi connectivity index (χ1) is 19.7. The molecule has 2 aliphatic heterocycles. The van der Waals surface area contributed by atoms with Gasteiger partial charge >= 0.3 is 18.0 Å². The fourth-order valence-electron chi connectivity index (χ4n) is 5.68. The molecule has 2 aromatic carbocycles. The number of rotatable bonds is 8. The van der Waals surface area contributed by atoms with E-state index in [0.29, 0.717) is 17.8 Å². The zero-order valence-electron chi connectivity index (χ0n) is 22.8. The van der Waals surface area contributed by atoms with Crippen LogP contribution >= 0.6 is 0 Å². The van der Waals surface area contributed by atoms with Crippen LogP contribution in [0.5, 0.6) is 0 Å². The Morgan fingerprint density at radius 3 is 2.49 bits per heavy atom. The summed E-state index contributed by atoms with van der Waals surface area (Å²) < 4.78 is 40.6. The van der Waals surface area contributed by atoms with Gasteiger partial charge in [-0.05, 0) is 62.5 Å². The number of nitrogens with zero attached hydrogens (tertiary/aromatic N) is 5. The van der Waals surface area contributed by atoms with Crippen molar-refractivity contribution in [2.75, 3.05) is 31.5 Å². The highest BCUT2D eigenvalue weighted by atomic mass is 19.4. The van der Waals surface area contributed by atoms with Crippen molar-refractivity contribution >= 4 is 12.0 Å². The maximum Gasteiger partial charge on any atom is 0.442 e. The highest BCUT2D eigenvalue weighted by Crippen LogP contribution is 2.52. The standard InChI is InChI=1S/C29H31F3N6.CO2/c1-19-9-10-23-21(15-19)18-24-26(23)27(33-11-6-14-38-12-3-2-4-13-38)35-25(34-24)17-20-7-5-8-22(16-20)28(36-37-28)29(30,31)32;2-1-3/h5,7-10,15-16H,2-4,6,11-14,17-18H2,1H3,(H,33,34,35);. The van der Waals surface area contributed by atoms with Crippen LogP contribution in [0.4, 0.5) is 19.0 Å². The highest BCUT2D eigenvalue weighted by Gasteiger charge is 2.65. The Kier molecular flexibility index (Phi) is 8.28. The van der Waals surface area contributed by atoms with E-state index in [1.165, 1.54) is 55.6 Å². The number of halogens is 3. The summed E-state index contributed by atoms with van der Waals surface area (Å²) in [7, 11) is 0. The fraction of sp³-hybridized carbons (Fsp3) is 0.433. The third kappa shape index (κ3) is 6.21. The van der Waals surface area contributed by atoms with Crippen molar-refractivity contribution in [3.05, 3.63) is 76.2 Å². The van der Waals surface area contributed by atoms with Crippen molar-refractivity contribution in [3.8, 4) is 11.1 Å². The number of aromatic nitrogens is 2. The average Bonchev–Trinajstić information content (AvgIpc) is 3.69. The van der Waals surface area contributed by atoms with Crippen molar-refractivity contribution in [1.29, 1.82) is 0 Å². The Morgan fingerprint density at radius 1 is 1.02 bits per heavy atom. The Morgan fingerprint density at radius 2 is 1.78 bits per heavy atom. The molecule has 1 fully saturated rings. The molecule has 1 aromatic heterocycles. The van der Waals surface area contributed by atoms with Crippen LogP contribution in [0.2, 0.25) is 0 Å². The van der Waals surface area contributed by atoms with Crippen LogP contribution in [-0.4, -0.2) is 53.4 Å². The first kappa shape index (κ1) is 28.6. The molecule has 0 spiro atoms. The van der Waals surface area contributed by atoms with Crippen molar-refractivity contribution in [2.45, 2.75) is 57.3 Å². The van der Waals surface area contributed by atoms with Gasteiger partial charge in [0.15, 0.2) is 0 Å². The van der Waals surface area contributed by atoms with E-state index in [2.05, 4.69) is 45.6 Å². The summed E-state index contributed by atoms with van der Waals surface area (Å²) in [6.07, 6.45) is 1.65. The van der Waals surface area contributed by atoms with Gasteiger partial charge in [0.05, 0.1) is 5.69 Å². The number of hydrogen-bond acceptors (Lipinski definition) is 8. The molecule has 0 saturated carbocycles. The van der Waals surface area contributed by atoms with Crippen LogP contribution < -0.4 is 5.32 Å². The Balaban J connectivity index is 0.00000108. The number of piperidine rings is 1. The fourth-order valence-corrected chi connectivity index (χ4v) is 5.68. The molecule has 3 heterocycles. The van der Waals surface area contributed by atoms with Gasteiger partial charge in [0, 0.05) is 30.5 Å². The Hall–Kier alpha value is -3.95. The van der Waals surface area contributed by atoms with Crippen LogP contribution in [-0.2, 0) is 28.1 Å². The summed E-state index contributed by atoms with van der Waals surface area (Å²) in [5.74, 6) is 1.40. The third-order valence-electron chi connectivity index (χ3n) is 7.70. The number of hydrogen-bond donors (Lipinski definition) is 1. The lowest BCUT2D eigenvalue weighted by atomic mass is 9.99. The second kappa shape index (κ2) is 11.9. The minimum Gasteiger partial charge on any atom is -0.369 e. The van der Waals surface area contributed by atoms with E-state index in [0.717, 1.165) is 48.6 Å². The first-order valence-corrected chi connectivity index (χ1v) is 13.8. The van der Waals surface area contributed by atoms with Crippen molar-refractivity contribution in [2.24, 2.45) is 10.2 Å². The number of fused-ring (bicyclic) bond motifs is 3. The lowest BCUT2D eigenvalue weighted by Crippen LogP contribution is -2.31. The summed E-state index contributed by atoms with van der Waals surface area (Å²) in [4.78, 5) is 28.6. The van der Waals surface area contributed by atoms with E-state index < -0.39 is 11.8 Å². The predicted molar refractivity (Wildman–Crippen MR) is 145 cm³/mol. The summed E-state index contributed by atoms with van der Waals surface area (Å²) in [5.41, 5.74) is 3.89. The average molecular weight is 565 g/mol. The largest absolute Gasteiger partial charge is 0.442 e. The van der Waals surface area contributed by atoms with Gasteiger partial charge in [0.2, 0.25) is 0 Å². The lowest BCUT2D eigenvalue weighted by Gasteiger charge is -2.26. The van der Waals surface area contributed by atoms with Gasteiger partial charge in [-0.15, -0.1) is 10.2 Å². The van der Waals surface area contributed by atoms with Gasteiger partial charge in [-0.3, -0.25) is 0 Å². The summed E-state index contributed by atoms with van der Waals surface area (Å²) in [5, 5.41) is 10.3. The van der Waals surface area contributed by atoms with Crippen molar-refractivity contribution in [1.82, 2.24) is 14.9 Å². The number of aryl methyl sites for hydroxylation is 1. The minimum atomic E-state index is -4.55. The molecule has 1 aliphatic carbocycles. The zero-order valence-corrected chi connectivity index (χ0v) is 22.8. The maximum absolute atomic E-state index is 13.5. The first-order valence-electron chi connectivity index (χ1n) is 13.8. The van der Waals surface area contributed by atoms with Crippen LogP contribution in [0, 0.1) is 6.92 Å². The SMILES string of the molecule is Cc1ccc2c(c1)Cc1nc(Cc3cccc(C4(C(F)(F)F)N=N4)c3)nc(NCCCN3CCCCC3)c1-2.O=C=O. The molecular weight excluding hydrogens is 533 g/mol. The molecule has 0 amide bonds. The quantitative estimate of drug-likeness (QED) is 0.270. The van der Waals surface area contributed by atoms with Crippen LogP contribution in [0.1, 0.15) is 59.5 Å². The number of carbonyl (C=O) groups excluding carboxylic acids is 2. The number of alkyl halides is 3. The zero-order chi connectivity index (χ0) is 29.0. The number of likely N-dealkylation sites (tertiary alicyclic amines) is 1. The summed E-state index contributed by atoms with van der Waals surface area (Å²) in [6, 6.07) is 12.8. The van der Waals surface area contributed by atoms with E-state index in [1.54, 1.807) is 12.1 Å². The number of nitrogens with one attached hydrogen (secondary N) is 1. The molecule has 1 N–H and O–H groups in total. The van der Waals surface area contributed by atoms with Gasteiger partial charge in [-0.25, -0.2) is 9.97 Å². The number of anilines is 1.